The second kappa shape index (κ2) is 7.65. The summed E-state index contributed by atoms with van der Waals surface area (Å²) in [7, 11) is 1.64. The quantitative estimate of drug-likeness (QED) is 0.813. The molecule has 0 saturated heterocycles. The highest BCUT2D eigenvalue weighted by Gasteiger charge is 2.13. The molecule has 1 aromatic rings. The highest BCUT2D eigenvalue weighted by Crippen LogP contribution is 2.27. The van der Waals surface area contributed by atoms with E-state index in [1.807, 2.05) is 19.1 Å². The van der Waals surface area contributed by atoms with Crippen LogP contribution in [0.3, 0.4) is 0 Å². The van der Waals surface area contributed by atoms with Gasteiger partial charge in [-0.25, -0.2) is 8.78 Å². The maximum absolute atomic E-state index is 12.3. The molecule has 0 spiro atoms. The highest BCUT2D eigenvalue weighted by atomic mass is 35.5. The molecule has 0 bridgehead atoms. The molecule has 19 heavy (non-hydrogen) atoms. The number of rotatable bonds is 7. The first-order valence-corrected chi connectivity index (χ1v) is 6.85. The van der Waals surface area contributed by atoms with Gasteiger partial charge >= 0.3 is 0 Å². The van der Waals surface area contributed by atoms with Gasteiger partial charge in [-0.3, -0.25) is 0 Å². The fraction of sp³-hybridized carbons (Fsp3) is 0.571. The predicted molar refractivity (Wildman–Crippen MR) is 77.4 cm³/mol. The Morgan fingerprint density at radius 2 is 2.05 bits per heavy atom. The molecule has 0 radical (unpaired) electrons. The zero-order valence-corrected chi connectivity index (χ0v) is 12.3. The van der Waals surface area contributed by atoms with E-state index < -0.39 is 6.43 Å². The van der Waals surface area contributed by atoms with Crippen LogP contribution in [0.5, 0.6) is 0 Å². The highest BCUT2D eigenvalue weighted by molar-refractivity contribution is 6.31. The smallest absolute Gasteiger partial charge is 0.255 e. The van der Waals surface area contributed by atoms with Gasteiger partial charge < -0.3 is 10.2 Å². The van der Waals surface area contributed by atoms with E-state index in [4.69, 9.17) is 11.6 Å². The van der Waals surface area contributed by atoms with Crippen molar-refractivity contribution in [3.05, 3.63) is 28.8 Å². The van der Waals surface area contributed by atoms with Crippen molar-refractivity contribution in [2.24, 2.45) is 0 Å². The normalized spacial score (nSPS) is 12.8. The van der Waals surface area contributed by atoms with E-state index in [1.165, 1.54) is 4.90 Å². The Bertz CT molecular complexity index is 399. The molecule has 1 rings (SSSR count). The fourth-order valence-electron chi connectivity index (χ4n) is 1.89. The van der Waals surface area contributed by atoms with Crippen molar-refractivity contribution in [2.45, 2.75) is 32.7 Å². The average Bonchev–Trinajstić information content (AvgIpc) is 2.34. The minimum atomic E-state index is -2.35. The van der Waals surface area contributed by atoms with Gasteiger partial charge in [0.05, 0.1) is 6.54 Å². The molecule has 1 N–H and O–H groups in total. The topological polar surface area (TPSA) is 15.3 Å². The summed E-state index contributed by atoms with van der Waals surface area (Å²) in [4.78, 5) is 1.50. The van der Waals surface area contributed by atoms with Gasteiger partial charge in [0.25, 0.3) is 6.43 Å². The molecule has 1 unspecified atom stereocenters. The summed E-state index contributed by atoms with van der Waals surface area (Å²) < 4.78 is 24.7. The monoisotopic (exact) mass is 290 g/mol. The number of hydrogen-bond acceptors (Lipinski definition) is 2. The maximum atomic E-state index is 12.3. The summed E-state index contributed by atoms with van der Waals surface area (Å²) in [6, 6.07) is 5.62. The van der Waals surface area contributed by atoms with Crippen LogP contribution in [0.25, 0.3) is 0 Å². The second-order valence-electron chi connectivity index (χ2n) is 4.65. The van der Waals surface area contributed by atoms with Crippen molar-refractivity contribution >= 4 is 17.3 Å². The zero-order chi connectivity index (χ0) is 14.4. The minimum absolute atomic E-state index is 0.155. The Balaban J connectivity index is 2.79. The molecule has 0 aliphatic rings. The lowest BCUT2D eigenvalue weighted by Gasteiger charge is -2.21. The lowest BCUT2D eigenvalue weighted by molar-refractivity contribution is 0.156. The van der Waals surface area contributed by atoms with E-state index in [1.54, 1.807) is 13.1 Å². The van der Waals surface area contributed by atoms with Crippen LogP contribution < -0.4 is 10.2 Å². The number of anilines is 1. The molecule has 0 saturated carbocycles. The van der Waals surface area contributed by atoms with Crippen LogP contribution in [0.1, 0.15) is 31.9 Å². The van der Waals surface area contributed by atoms with E-state index in [2.05, 4.69) is 12.2 Å². The number of nitrogens with zero attached hydrogens (tertiary/aromatic N) is 1. The number of hydrogen-bond donors (Lipinski definition) is 1. The van der Waals surface area contributed by atoms with Crippen molar-refractivity contribution in [1.29, 1.82) is 0 Å². The van der Waals surface area contributed by atoms with Crippen molar-refractivity contribution in [3.63, 3.8) is 0 Å². The first kappa shape index (κ1) is 16.2. The van der Waals surface area contributed by atoms with Gasteiger partial charge in [0.15, 0.2) is 0 Å². The molecule has 0 amide bonds. The van der Waals surface area contributed by atoms with Crippen molar-refractivity contribution in [2.75, 3.05) is 25.0 Å². The third-order valence-electron chi connectivity index (χ3n) is 3.00. The Morgan fingerprint density at radius 1 is 1.37 bits per heavy atom. The van der Waals surface area contributed by atoms with E-state index in [0.29, 0.717) is 10.7 Å². The van der Waals surface area contributed by atoms with Gasteiger partial charge in [0, 0.05) is 23.8 Å². The van der Waals surface area contributed by atoms with E-state index in [0.717, 1.165) is 18.5 Å². The maximum Gasteiger partial charge on any atom is 0.255 e. The lowest BCUT2D eigenvalue weighted by Crippen LogP contribution is -2.24. The molecule has 2 nitrogen and oxygen atoms in total. The molecule has 0 fully saturated rings. The number of alkyl halides is 2. The van der Waals surface area contributed by atoms with E-state index in [-0.39, 0.29) is 12.6 Å². The first-order chi connectivity index (χ1) is 8.95. The molecular formula is C14H21ClF2N2. The SMILES string of the molecule is CCCNC(C)c1ccc(N(C)CC(F)F)cc1Cl. The minimum Gasteiger partial charge on any atom is -0.369 e. The molecule has 108 valence electrons. The summed E-state index contributed by atoms with van der Waals surface area (Å²) in [5, 5.41) is 3.96. The molecule has 0 aromatic heterocycles. The Morgan fingerprint density at radius 3 is 2.58 bits per heavy atom. The molecular weight excluding hydrogens is 270 g/mol. The summed E-state index contributed by atoms with van der Waals surface area (Å²) in [6.07, 6.45) is -1.30. The largest absolute Gasteiger partial charge is 0.369 e. The average molecular weight is 291 g/mol. The number of halogens is 3. The molecule has 0 heterocycles. The second-order valence-corrected chi connectivity index (χ2v) is 5.06. The third-order valence-corrected chi connectivity index (χ3v) is 3.33. The van der Waals surface area contributed by atoms with Gasteiger partial charge in [-0.2, -0.15) is 0 Å². The van der Waals surface area contributed by atoms with Crippen LogP contribution in [0.2, 0.25) is 5.02 Å². The summed E-state index contributed by atoms with van der Waals surface area (Å²) in [5.41, 5.74) is 1.70. The van der Waals surface area contributed by atoms with Crippen LogP contribution in [0.4, 0.5) is 14.5 Å². The van der Waals surface area contributed by atoms with Gasteiger partial charge in [-0.05, 0) is 37.6 Å². The third kappa shape index (κ3) is 4.96. The summed E-state index contributed by atoms with van der Waals surface area (Å²) in [6.45, 7) is 4.77. The Labute approximate surface area is 118 Å². The number of nitrogens with one attached hydrogen (secondary N) is 1. The zero-order valence-electron chi connectivity index (χ0n) is 11.6. The summed E-state index contributed by atoms with van der Waals surface area (Å²) >= 11 is 6.23. The van der Waals surface area contributed by atoms with Crippen LogP contribution in [-0.4, -0.2) is 26.6 Å². The van der Waals surface area contributed by atoms with Gasteiger partial charge in [0.1, 0.15) is 0 Å². The lowest BCUT2D eigenvalue weighted by atomic mass is 10.1. The van der Waals surface area contributed by atoms with Crippen molar-refractivity contribution in [3.8, 4) is 0 Å². The van der Waals surface area contributed by atoms with Crippen LogP contribution in [0, 0.1) is 0 Å². The van der Waals surface area contributed by atoms with E-state index >= 15 is 0 Å². The number of benzene rings is 1. The van der Waals surface area contributed by atoms with Crippen molar-refractivity contribution in [1.82, 2.24) is 5.32 Å². The predicted octanol–water partition coefficient (Wildman–Crippen LogP) is 4.10. The van der Waals surface area contributed by atoms with Gasteiger partial charge in [0.2, 0.25) is 0 Å². The van der Waals surface area contributed by atoms with Gasteiger partial charge in [-0.15, -0.1) is 0 Å². The standard InChI is InChI=1S/C14H21ClF2N2/c1-4-7-18-10(2)12-6-5-11(8-13(12)15)19(3)9-14(16)17/h5-6,8,10,14,18H,4,7,9H2,1-3H3. The van der Waals surface area contributed by atoms with Crippen LogP contribution >= 0.6 is 11.6 Å². The molecule has 5 heteroatoms. The van der Waals surface area contributed by atoms with E-state index in [9.17, 15) is 8.78 Å². The van der Waals surface area contributed by atoms with Crippen LogP contribution in [0.15, 0.2) is 18.2 Å². The summed E-state index contributed by atoms with van der Waals surface area (Å²) in [5.74, 6) is 0. The molecule has 1 atom stereocenters. The molecule has 0 aliphatic heterocycles. The van der Waals surface area contributed by atoms with Crippen LogP contribution in [-0.2, 0) is 0 Å². The van der Waals surface area contributed by atoms with Crippen molar-refractivity contribution < 1.29 is 8.78 Å². The first-order valence-electron chi connectivity index (χ1n) is 6.47. The van der Waals surface area contributed by atoms with Gasteiger partial charge in [-0.1, -0.05) is 24.6 Å². The fourth-order valence-corrected chi connectivity index (χ4v) is 2.23. The molecule has 1 aromatic carbocycles. The molecule has 0 aliphatic carbocycles. The Hall–Kier alpha value is -0.870. The Kier molecular flexibility index (Phi) is 6.52.